The number of carbonyl (C=O) groups excluding carboxylic acids is 1. The van der Waals surface area contributed by atoms with Crippen molar-refractivity contribution in [2.24, 2.45) is 0 Å². The third kappa shape index (κ3) is 3.71. The van der Waals surface area contributed by atoms with Crippen LogP contribution in [0.2, 0.25) is 0 Å². The third-order valence-corrected chi connectivity index (χ3v) is 3.58. The molecule has 0 atom stereocenters. The van der Waals surface area contributed by atoms with E-state index < -0.39 is 40.6 Å². The second-order valence-electron chi connectivity index (χ2n) is 5.14. The van der Waals surface area contributed by atoms with Gasteiger partial charge in [-0.05, 0) is 24.1 Å². The van der Waals surface area contributed by atoms with Crippen LogP contribution in [0.4, 0.5) is 22.0 Å². The van der Waals surface area contributed by atoms with Crippen molar-refractivity contribution in [3.8, 4) is 11.5 Å². The maximum atomic E-state index is 13.6. The SMILES string of the molecule is COc1ccc(CCNC(=O)c2c(F)c(F)c(F)c(F)c2F)cc1OC. The van der Waals surface area contributed by atoms with Crippen molar-refractivity contribution in [2.45, 2.75) is 6.42 Å². The normalized spacial score (nSPS) is 10.6. The number of methoxy groups -OCH3 is 2. The molecular formula is C17H14F5NO3. The van der Waals surface area contributed by atoms with Crippen molar-refractivity contribution in [3.05, 3.63) is 58.4 Å². The van der Waals surface area contributed by atoms with E-state index in [0.29, 0.717) is 17.1 Å². The number of carbonyl (C=O) groups is 1. The zero-order chi connectivity index (χ0) is 19.4. The number of nitrogens with one attached hydrogen (secondary N) is 1. The smallest absolute Gasteiger partial charge is 0.257 e. The minimum absolute atomic E-state index is 0.103. The minimum atomic E-state index is -2.32. The predicted molar refractivity (Wildman–Crippen MR) is 81.8 cm³/mol. The standard InChI is InChI=1S/C17H14F5NO3/c1-25-9-4-3-8(7-10(9)26-2)5-6-23-17(24)11-12(18)14(20)16(22)15(21)13(11)19/h3-4,7H,5-6H2,1-2H3,(H,23,24). The van der Waals surface area contributed by atoms with Crippen molar-refractivity contribution in [1.82, 2.24) is 5.32 Å². The van der Waals surface area contributed by atoms with Crippen molar-refractivity contribution in [1.29, 1.82) is 0 Å². The zero-order valence-electron chi connectivity index (χ0n) is 13.8. The molecule has 4 nitrogen and oxygen atoms in total. The fourth-order valence-corrected chi connectivity index (χ4v) is 2.25. The Morgan fingerprint density at radius 1 is 0.885 bits per heavy atom. The first-order valence-electron chi connectivity index (χ1n) is 7.32. The quantitative estimate of drug-likeness (QED) is 0.479. The fourth-order valence-electron chi connectivity index (χ4n) is 2.25. The highest BCUT2D eigenvalue weighted by molar-refractivity contribution is 5.94. The van der Waals surface area contributed by atoms with E-state index in [1.54, 1.807) is 18.2 Å². The van der Waals surface area contributed by atoms with Crippen LogP contribution in [0.1, 0.15) is 15.9 Å². The molecule has 1 N–H and O–H groups in total. The number of hydrogen-bond donors (Lipinski definition) is 1. The molecule has 0 aliphatic rings. The summed E-state index contributed by atoms with van der Waals surface area (Å²) in [5.41, 5.74) is -0.825. The number of amides is 1. The van der Waals surface area contributed by atoms with Gasteiger partial charge in [0.25, 0.3) is 5.91 Å². The van der Waals surface area contributed by atoms with Gasteiger partial charge in [0.1, 0.15) is 5.56 Å². The van der Waals surface area contributed by atoms with Crippen LogP contribution in [0.15, 0.2) is 18.2 Å². The van der Waals surface area contributed by atoms with E-state index in [4.69, 9.17) is 9.47 Å². The van der Waals surface area contributed by atoms with Crippen LogP contribution in [0, 0.1) is 29.1 Å². The number of hydrogen-bond acceptors (Lipinski definition) is 3. The Hall–Kier alpha value is -2.84. The molecule has 0 bridgehead atoms. The lowest BCUT2D eigenvalue weighted by Gasteiger charge is -2.11. The van der Waals surface area contributed by atoms with E-state index in [-0.39, 0.29) is 13.0 Å². The highest BCUT2D eigenvalue weighted by Gasteiger charge is 2.29. The Labute approximate surface area is 145 Å². The molecule has 140 valence electrons. The topological polar surface area (TPSA) is 47.6 Å². The summed E-state index contributed by atoms with van der Waals surface area (Å²) in [6.07, 6.45) is 0.224. The van der Waals surface area contributed by atoms with E-state index in [9.17, 15) is 26.7 Å². The molecule has 1 amide bonds. The van der Waals surface area contributed by atoms with Gasteiger partial charge in [-0.1, -0.05) is 6.07 Å². The van der Waals surface area contributed by atoms with E-state index in [2.05, 4.69) is 5.32 Å². The molecule has 0 fully saturated rings. The summed E-state index contributed by atoms with van der Waals surface area (Å²) in [5.74, 6) is -11.5. The molecule has 9 heteroatoms. The molecule has 0 aromatic heterocycles. The molecule has 2 aromatic carbocycles. The van der Waals surface area contributed by atoms with Crippen LogP contribution < -0.4 is 14.8 Å². The molecule has 2 rings (SSSR count). The van der Waals surface area contributed by atoms with Crippen LogP contribution in [-0.4, -0.2) is 26.7 Å². The summed E-state index contributed by atoms with van der Waals surface area (Å²) in [6.45, 7) is -0.103. The molecule has 26 heavy (non-hydrogen) atoms. The lowest BCUT2D eigenvalue weighted by atomic mass is 10.1. The van der Waals surface area contributed by atoms with Gasteiger partial charge in [0, 0.05) is 6.54 Å². The second kappa shape index (κ2) is 8.03. The maximum absolute atomic E-state index is 13.6. The monoisotopic (exact) mass is 375 g/mol. The molecule has 0 spiro atoms. The average molecular weight is 375 g/mol. The average Bonchev–Trinajstić information content (AvgIpc) is 2.64. The van der Waals surface area contributed by atoms with Crippen molar-refractivity contribution < 1.29 is 36.2 Å². The number of halogens is 5. The van der Waals surface area contributed by atoms with Crippen LogP contribution in [0.25, 0.3) is 0 Å². The first kappa shape index (κ1) is 19.5. The number of ether oxygens (including phenoxy) is 2. The maximum Gasteiger partial charge on any atom is 0.257 e. The molecule has 0 aliphatic carbocycles. The van der Waals surface area contributed by atoms with Gasteiger partial charge in [-0.3, -0.25) is 4.79 Å². The van der Waals surface area contributed by atoms with Gasteiger partial charge in [0.2, 0.25) is 5.82 Å². The van der Waals surface area contributed by atoms with Crippen LogP contribution in [0.5, 0.6) is 11.5 Å². The minimum Gasteiger partial charge on any atom is -0.493 e. The van der Waals surface area contributed by atoms with Crippen LogP contribution >= 0.6 is 0 Å². The summed E-state index contributed by atoms with van der Waals surface area (Å²) in [7, 11) is 2.90. The van der Waals surface area contributed by atoms with Gasteiger partial charge < -0.3 is 14.8 Å². The third-order valence-electron chi connectivity index (χ3n) is 3.58. The van der Waals surface area contributed by atoms with Crippen LogP contribution in [-0.2, 0) is 6.42 Å². The van der Waals surface area contributed by atoms with Gasteiger partial charge in [0.15, 0.2) is 34.8 Å². The molecular weight excluding hydrogens is 361 g/mol. The van der Waals surface area contributed by atoms with E-state index in [1.807, 2.05) is 0 Å². The van der Waals surface area contributed by atoms with Gasteiger partial charge in [-0.2, -0.15) is 0 Å². The summed E-state index contributed by atoms with van der Waals surface area (Å²) in [6, 6.07) is 4.93. The lowest BCUT2D eigenvalue weighted by molar-refractivity contribution is 0.0942. The highest BCUT2D eigenvalue weighted by atomic mass is 19.2. The molecule has 0 saturated carbocycles. The molecule has 0 aliphatic heterocycles. The summed E-state index contributed by atoms with van der Waals surface area (Å²) in [5, 5.41) is 2.12. The highest BCUT2D eigenvalue weighted by Crippen LogP contribution is 2.27. The largest absolute Gasteiger partial charge is 0.493 e. The van der Waals surface area contributed by atoms with Gasteiger partial charge in [0.05, 0.1) is 14.2 Å². The van der Waals surface area contributed by atoms with E-state index in [0.717, 1.165) is 0 Å². The van der Waals surface area contributed by atoms with Gasteiger partial charge >= 0.3 is 0 Å². The van der Waals surface area contributed by atoms with Gasteiger partial charge in [-0.15, -0.1) is 0 Å². The molecule has 2 aromatic rings. The molecule has 0 radical (unpaired) electrons. The first-order valence-corrected chi connectivity index (χ1v) is 7.32. The predicted octanol–water partition coefficient (Wildman–Crippen LogP) is 3.37. The second-order valence-corrected chi connectivity index (χ2v) is 5.14. The molecule has 0 unspecified atom stereocenters. The van der Waals surface area contributed by atoms with E-state index >= 15 is 0 Å². The Kier molecular flexibility index (Phi) is 6.01. The Bertz CT molecular complexity index is 813. The summed E-state index contributed by atoms with van der Waals surface area (Å²) < 4.78 is 76.6. The first-order chi connectivity index (χ1) is 12.3. The van der Waals surface area contributed by atoms with Crippen molar-refractivity contribution >= 4 is 5.91 Å². The zero-order valence-corrected chi connectivity index (χ0v) is 13.8. The van der Waals surface area contributed by atoms with Crippen LogP contribution in [0.3, 0.4) is 0 Å². The number of benzene rings is 2. The van der Waals surface area contributed by atoms with Gasteiger partial charge in [-0.25, -0.2) is 22.0 Å². The Morgan fingerprint density at radius 3 is 1.96 bits per heavy atom. The van der Waals surface area contributed by atoms with E-state index in [1.165, 1.54) is 14.2 Å². The summed E-state index contributed by atoms with van der Waals surface area (Å²) in [4.78, 5) is 11.8. The fraction of sp³-hybridized carbons (Fsp3) is 0.235. The van der Waals surface area contributed by atoms with Crippen molar-refractivity contribution in [2.75, 3.05) is 20.8 Å². The lowest BCUT2D eigenvalue weighted by Crippen LogP contribution is -2.28. The molecule has 0 heterocycles. The number of rotatable bonds is 6. The molecule has 0 saturated heterocycles. The van der Waals surface area contributed by atoms with Crippen molar-refractivity contribution in [3.63, 3.8) is 0 Å². The Balaban J connectivity index is 2.11. The Morgan fingerprint density at radius 2 is 1.42 bits per heavy atom. The summed E-state index contributed by atoms with van der Waals surface area (Å²) >= 11 is 0.